The second-order valence-electron chi connectivity index (χ2n) is 12.0. The predicted octanol–water partition coefficient (Wildman–Crippen LogP) is 8.92. The molecule has 0 unspecified atom stereocenters. The van der Waals surface area contributed by atoms with Gasteiger partial charge in [0.25, 0.3) is 0 Å². The van der Waals surface area contributed by atoms with E-state index in [1.807, 2.05) is 0 Å². The average molecular weight is 691 g/mol. The van der Waals surface area contributed by atoms with Crippen LogP contribution < -0.4 is 0 Å². The van der Waals surface area contributed by atoms with E-state index in [9.17, 15) is 40.5 Å². The zero-order valence-corrected chi connectivity index (χ0v) is 26.2. The summed E-state index contributed by atoms with van der Waals surface area (Å²) in [6, 6.07) is 25.2. The van der Waals surface area contributed by atoms with Crippen LogP contribution in [-0.2, 0) is 0 Å². The molecular formula is C36H18N8O8. The molecule has 8 bridgehead atoms. The van der Waals surface area contributed by atoms with Crippen LogP contribution in [0.15, 0.2) is 97.1 Å². The van der Waals surface area contributed by atoms with Crippen molar-refractivity contribution in [2.75, 3.05) is 0 Å². The Labute approximate surface area is 288 Å². The number of H-pyrrole nitrogens is 2. The number of rotatable bonds is 4. The molecule has 16 heteroatoms. The fraction of sp³-hybridized carbons (Fsp3) is 0. The molecule has 9 rings (SSSR count). The van der Waals surface area contributed by atoms with Crippen LogP contribution >= 0.6 is 0 Å². The maximum absolute atomic E-state index is 13.1. The van der Waals surface area contributed by atoms with E-state index in [2.05, 4.69) is 19.9 Å². The largest absolute Gasteiger partial charge is 0.343 e. The van der Waals surface area contributed by atoms with E-state index in [-0.39, 0.29) is 88.6 Å². The molecule has 0 aliphatic carbocycles. The van der Waals surface area contributed by atoms with E-state index in [1.165, 1.54) is 24.3 Å². The highest BCUT2D eigenvalue weighted by Crippen LogP contribution is 2.50. The summed E-state index contributed by atoms with van der Waals surface area (Å²) < 4.78 is 0. The van der Waals surface area contributed by atoms with Gasteiger partial charge in [0.1, 0.15) is 22.1 Å². The van der Waals surface area contributed by atoms with Gasteiger partial charge < -0.3 is 9.97 Å². The van der Waals surface area contributed by atoms with Gasteiger partial charge in [0, 0.05) is 43.8 Å². The van der Waals surface area contributed by atoms with Crippen molar-refractivity contribution in [3.8, 4) is 45.0 Å². The molecule has 3 aromatic heterocycles. The lowest BCUT2D eigenvalue weighted by Gasteiger charge is -2.00. The smallest absolute Gasteiger partial charge is 0.319 e. The Kier molecular flexibility index (Phi) is 6.28. The molecule has 2 aliphatic heterocycles. The van der Waals surface area contributed by atoms with Crippen LogP contribution in [0.1, 0.15) is 0 Å². The molecule has 0 fully saturated rings. The van der Waals surface area contributed by atoms with Crippen LogP contribution in [0.2, 0.25) is 0 Å². The van der Waals surface area contributed by atoms with Crippen molar-refractivity contribution in [2.45, 2.75) is 0 Å². The molecule has 0 amide bonds. The monoisotopic (exact) mass is 690 g/mol. The van der Waals surface area contributed by atoms with Crippen LogP contribution in [0.25, 0.3) is 88.6 Å². The van der Waals surface area contributed by atoms with Crippen LogP contribution in [0.5, 0.6) is 0 Å². The lowest BCUT2D eigenvalue weighted by molar-refractivity contribution is -0.383. The van der Waals surface area contributed by atoms with Gasteiger partial charge in [-0.15, -0.1) is 0 Å². The topological polar surface area (TPSA) is 230 Å². The first-order chi connectivity index (χ1) is 25.2. The number of nitro groups is 4. The van der Waals surface area contributed by atoms with Gasteiger partial charge in [0.05, 0.1) is 19.7 Å². The van der Waals surface area contributed by atoms with Crippen molar-refractivity contribution in [2.24, 2.45) is 0 Å². The number of benzene rings is 4. The van der Waals surface area contributed by atoms with Gasteiger partial charge in [-0.05, 0) is 0 Å². The first kappa shape index (κ1) is 30.2. The molecule has 52 heavy (non-hydrogen) atoms. The van der Waals surface area contributed by atoms with Gasteiger partial charge in [-0.1, -0.05) is 97.1 Å². The molecule has 0 atom stereocenters. The molecule has 0 saturated carbocycles. The summed E-state index contributed by atoms with van der Waals surface area (Å²) in [4.78, 5) is 64.7. The molecule has 2 aliphatic rings. The van der Waals surface area contributed by atoms with E-state index in [1.54, 1.807) is 72.8 Å². The van der Waals surface area contributed by atoms with Gasteiger partial charge in [0.2, 0.25) is 0 Å². The quantitative estimate of drug-likeness (QED) is 0.131. The van der Waals surface area contributed by atoms with E-state index in [0.717, 1.165) is 0 Å². The number of aromatic nitrogens is 4. The standard InChI is InChI=1S/C36H18N8O8/c45-41(46)33-25-17-9-1-2-10-18(17)26(37-25)34(42(47)48)28-21-13-5-6-14-22(21)30(39-28)36(44(51)52)32-24-16-8-7-15-23(24)31(40-32)35(43(49)50)29-20-12-4-3-11-19(20)27(33)38-29/h1-16,37,40H. The Balaban J connectivity index is 1.69. The fourth-order valence-corrected chi connectivity index (χ4v) is 7.27. The third-order valence-corrected chi connectivity index (χ3v) is 9.33. The zero-order chi connectivity index (χ0) is 36.0. The SMILES string of the molecule is O=[N+]([O-])c1c2nc(c([N+](=O)[O-])c3[nH]c(c([N+](=O)[O-])c4nc(c([N+](=O)[O-])c5[nH]c1c1ccccc51)-c1ccccc1-4)c1ccccc31)-c1ccccc1-2. The first-order valence-electron chi connectivity index (χ1n) is 15.6. The average Bonchev–Trinajstić information content (AvgIpc) is 3.88. The van der Waals surface area contributed by atoms with Gasteiger partial charge in [-0.25, -0.2) is 9.97 Å². The Morgan fingerprint density at radius 1 is 0.365 bits per heavy atom. The van der Waals surface area contributed by atoms with E-state index in [4.69, 9.17) is 0 Å². The highest BCUT2D eigenvalue weighted by atomic mass is 16.6. The minimum absolute atomic E-state index is 0.138. The maximum atomic E-state index is 13.1. The molecule has 0 saturated heterocycles. The van der Waals surface area contributed by atoms with Gasteiger partial charge in [-0.2, -0.15) is 0 Å². The fourth-order valence-electron chi connectivity index (χ4n) is 7.27. The molecule has 250 valence electrons. The molecule has 16 nitrogen and oxygen atoms in total. The van der Waals surface area contributed by atoms with E-state index < -0.39 is 42.4 Å². The summed E-state index contributed by atoms with van der Waals surface area (Å²) >= 11 is 0. The highest BCUT2D eigenvalue weighted by molar-refractivity contribution is 6.17. The van der Waals surface area contributed by atoms with Crippen molar-refractivity contribution in [1.29, 1.82) is 0 Å². The Hall–Kier alpha value is -7.88. The van der Waals surface area contributed by atoms with Crippen LogP contribution in [0, 0.1) is 40.5 Å². The number of nitrogens with zero attached hydrogens (tertiary/aromatic N) is 6. The number of nitrogens with one attached hydrogen (secondary N) is 2. The number of hydrogen-bond donors (Lipinski definition) is 2. The molecule has 2 N–H and O–H groups in total. The number of fused-ring (bicyclic) bond motifs is 20. The molecule has 0 spiro atoms. The lowest BCUT2D eigenvalue weighted by atomic mass is 10.0. The summed E-state index contributed by atoms with van der Waals surface area (Å²) in [5.74, 6) is 0. The molecule has 4 aromatic carbocycles. The third kappa shape index (κ3) is 4.08. The zero-order valence-electron chi connectivity index (χ0n) is 26.2. The molecule has 7 aromatic rings. The second kappa shape index (κ2) is 10.8. The third-order valence-electron chi connectivity index (χ3n) is 9.33. The minimum Gasteiger partial charge on any atom is -0.343 e. The second-order valence-corrected chi connectivity index (χ2v) is 12.0. The lowest BCUT2D eigenvalue weighted by Crippen LogP contribution is -1.94. The molecular weight excluding hydrogens is 672 g/mol. The van der Waals surface area contributed by atoms with Crippen LogP contribution in [-0.4, -0.2) is 39.6 Å². The summed E-state index contributed by atoms with van der Waals surface area (Å²) in [5.41, 5.74) is -2.97. The van der Waals surface area contributed by atoms with E-state index >= 15 is 0 Å². The predicted molar refractivity (Wildman–Crippen MR) is 191 cm³/mol. The van der Waals surface area contributed by atoms with Crippen molar-refractivity contribution in [3.63, 3.8) is 0 Å². The normalized spacial score (nSPS) is 11.7. The van der Waals surface area contributed by atoms with Gasteiger partial charge in [0.15, 0.2) is 22.8 Å². The van der Waals surface area contributed by atoms with Crippen molar-refractivity contribution < 1.29 is 19.7 Å². The van der Waals surface area contributed by atoms with Gasteiger partial charge >= 0.3 is 22.7 Å². The summed E-state index contributed by atoms with van der Waals surface area (Å²) in [7, 11) is 0. The number of hydrogen-bond acceptors (Lipinski definition) is 10. The Morgan fingerprint density at radius 3 is 0.788 bits per heavy atom. The molecule has 0 radical (unpaired) electrons. The Morgan fingerprint density at radius 2 is 0.577 bits per heavy atom. The first-order valence-corrected chi connectivity index (χ1v) is 15.6. The van der Waals surface area contributed by atoms with E-state index in [0.29, 0.717) is 0 Å². The number of aromatic amines is 2. The van der Waals surface area contributed by atoms with Crippen molar-refractivity contribution in [3.05, 3.63) is 138 Å². The van der Waals surface area contributed by atoms with Crippen molar-refractivity contribution >= 4 is 66.4 Å². The molecule has 5 heterocycles. The maximum Gasteiger partial charge on any atom is 0.319 e. The minimum atomic E-state index is -0.684. The highest BCUT2D eigenvalue weighted by Gasteiger charge is 2.37. The summed E-state index contributed by atoms with van der Waals surface area (Å²) in [6.07, 6.45) is 0. The van der Waals surface area contributed by atoms with Crippen LogP contribution in [0.4, 0.5) is 22.7 Å². The summed E-state index contributed by atoms with van der Waals surface area (Å²) in [5, 5.41) is 53.4. The van der Waals surface area contributed by atoms with Gasteiger partial charge in [-0.3, -0.25) is 40.5 Å². The Bertz CT molecular complexity index is 2610. The van der Waals surface area contributed by atoms with Crippen molar-refractivity contribution in [1.82, 2.24) is 19.9 Å². The summed E-state index contributed by atoms with van der Waals surface area (Å²) in [6.45, 7) is 0. The van der Waals surface area contributed by atoms with Crippen LogP contribution in [0.3, 0.4) is 0 Å².